The van der Waals surface area contributed by atoms with E-state index in [2.05, 4.69) is 15.5 Å². The molecule has 3 aromatic rings. The fraction of sp³-hybridized carbons (Fsp3) is 0.235. The number of carbonyl (C=O) groups excluding carboxylic acids is 1. The maximum atomic E-state index is 12.5. The number of hydrogen-bond acceptors (Lipinski definition) is 5. The molecule has 0 atom stereocenters. The molecule has 1 amide bonds. The highest BCUT2D eigenvalue weighted by Gasteiger charge is 2.23. The van der Waals surface area contributed by atoms with Crippen molar-refractivity contribution in [3.63, 3.8) is 0 Å². The minimum absolute atomic E-state index is 0.0767. The second-order valence-corrected chi connectivity index (χ2v) is 6.96. The van der Waals surface area contributed by atoms with Crippen LogP contribution in [0.2, 0.25) is 5.02 Å². The van der Waals surface area contributed by atoms with Gasteiger partial charge in [-0.15, -0.1) is 11.3 Å². The first-order valence-corrected chi connectivity index (χ1v) is 8.70. The van der Waals surface area contributed by atoms with Crippen LogP contribution in [0.25, 0.3) is 11.3 Å². The van der Waals surface area contributed by atoms with Gasteiger partial charge in [-0.3, -0.25) is 10.1 Å². The maximum absolute atomic E-state index is 12.5. The lowest BCUT2D eigenvalue weighted by Gasteiger charge is -2.04. The zero-order chi connectivity index (χ0) is 17.3. The number of nitrogens with one attached hydrogen (secondary N) is 1. The first-order chi connectivity index (χ1) is 11.5. The number of hydrogen-bond donors (Lipinski definition) is 1. The van der Waals surface area contributed by atoms with E-state index in [4.69, 9.17) is 16.1 Å². The summed E-state index contributed by atoms with van der Waals surface area (Å²) in [4.78, 5) is 17.0. The van der Waals surface area contributed by atoms with Gasteiger partial charge in [-0.2, -0.15) is 0 Å². The first kappa shape index (κ1) is 16.7. The van der Waals surface area contributed by atoms with Gasteiger partial charge in [-0.1, -0.05) is 42.7 Å². The lowest BCUT2D eigenvalue weighted by atomic mass is 10.0. The summed E-state index contributed by atoms with van der Waals surface area (Å²) in [6, 6.07) is 7.40. The molecule has 0 aliphatic carbocycles. The van der Waals surface area contributed by atoms with E-state index in [9.17, 15) is 4.79 Å². The van der Waals surface area contributed by atoms with E-state index in [-0.39, 0.29) is 11.8 Å². The average Bonchev–Trinajstić information content (AvgIpc) is 3.14. The highest BCUT2D eigenvalue weighted by molar-refractivity contribution is 7.14. The van der Waals surface area contributed by atoms with Crippen LogP contribution in [0.15, 0.2) is 34.2 Å². The lowest BCUT2D eigenvalue weighted by molar-refractivity contribution is 0.102. The van der Waals surface area contributed by atoms with Crippen LogP contribution < -0.4 is 5.32 Å². The molecule has 124 valence electrons. The second kappa shape index (κ2) is 6.75. The molecule has 0 fully saturated rings. The van der Waals surface area contributed by atoms with Crippen molar-refractivity contribution in [1.82, 2.24) is 10.1 Å². The van der Waals surface area contributed by atoms with Crippen LogP contribution in [0.1, 0.15) is 41.6 Å². The quantitative estimate of drug-likeness (QED) is 0.698. The Hall–Kier alpha value is -2.18. The van der Waals surface area contributed by atoms with Gasteiger partial charge in [0.15, 0.2) is 10.9 Å². The maximum Gasteiger partial charge on any atom is 0.262 e. The molecule has 0 bridgehead atoms. The number of benzene rings is 1. The molecule has 1 aromatic carbocycles. The second-order valence-electron chi connectivity index (χ2n) is 5.66. The zero-order valence-corrected chi connectivity index (χ0v) is 15.0. The molecule has 24 heavy (non-hydrogen) atoms. The minimum atomic E-state index is -0.255. The Morgan fingerprint density at radius 3 is 2.67 bits per heavy atom. The van der Waals surface area contributed by atoms with Crippen molar-refractivity contribution in [2.75, 3.05) is 5.32 Å². The number of aromatic nitrogens is 2. The van der Waals surface area contributed by atoms with Crippen molar-refractivity contribution in [1.29, 1.82) is 0 Å². The summed E-state index contributed by atoms with van der Waals surface area (Å²) in [6.45, 7) is 5.67. The molecule has 0 spiro atoms. The number of nitrogens with zero attached hydrogens (tertiary/aromatic N) is 2. The summed E-state index contributed by atoms with van der Waals surface area (Å²) >= 11 is 7.26. The zero-order valence-electron chi connectivity index (χ0n) is 13.5. The largest absolute Gasteiger partial charge is 0.360 e. The van der Waals surface area contributed by atoms with E-state index in [0.29, 0.717) is 27.2 Å². The molecule has 0 saturated heterocycles. The Morgan fingerprint density at radius 2 is 2.00 bits per heavy atom. The van der Waals surface area contributed by atoms with Gasteiger partial charge in [0.25, 0.3) is 5.91 Å². The van der Waals surface area contributed by atoms with E-state index in [0.717, 1.165) is 11.3 Å². The van der Waals surface area contributed by atoms with Crippen molar-refractivity contribution < 1.29 is 9.32 Å². The SMILES string of the molecule is Cc1noc(C(C)C)c1C(=O)Nc1nc(-c2ccc(Cl)cc2)cs1. The number of carbonyl (C=O) groups is 1. The van der Waals surface area contributed by atoms with Gasteiger partial charge in [0.2, 0.25) is 0 Å². The Bertz CT molecular complexity index is 868. The third-order valence-electron chi connectivity index (χ3n) is 3.51. The topological polar surface area (TPSA) is 68.0 Å². The van der Waals surface area contributed by atoms with Gasteiger partial charge < -0.3 is 4.52 Å². The number of anilines is 1. The van der Waals surface area contributed by atoms with Gasteiger partial charge in [-0.25, -0.2) is 4.98 Å². The molecule has 5 nitrogen and oxygen atoms in total. The number of amides is 1. The van der Waals surface area contributed by atoms with E-state index in [1.54, 1.807) is 6.92 Å². The van der Waals surface area contributed by atoms with Crippen molar-refractivity contribution in [3.8, 4) is 11.3 Å². The normalized spacial score (nSPS) is 11.0. The summed E-state index contributed by atoms with van der Waals surface area (Å²) < 4.78 is 5.26. The van der Waals surface area contributed by atoms with E-state index in [1.165, 1.54) is 11.3 Å². The predicted octanol–water partition coefficient (Wildman–Crippen LogP) is 5.14. The molecule has 2 heterocycles. The number of thiazole rings is 1. The van der Waals surface area contributed by atoms with Crippen molar-refractivity contribution in [2.24, 2.45) is 0 Å². The van der Waals surface area contributed by atoms with Crippen molar-refractivity contribution >= 4 is 34.0 Å². The van der Waals surface area contributed by atoms with Crippen LogP contribution in [0.3, 0.4) is 0 Å². The lowest BCUT2D eigenvalue weighted by Crippen LogP contribution is -2.14. The van der Waals surface area contributed by atoms with Crippen LogP contribution in [-0.4, -0.2) is 16.0 Å². The van der Waals surface area contributed by atoms with Gasteiger partial charge in [-0.05, 0) is 19.1 Å². The first-order valence-electron chi connectivity index (χ1n) is 7.44. The fourth-order valence-electron chi connectivity index (χ4n) is 2.30. The highest BCUT2D eigenvalue weighted by atomic mass is 35.5. The fourth-order valence-corrected chi connectivity index (χ4v) is 3.14. The van der Waals surface area contributed by atoms with Gasteiger partial charge in [0, 0.05) is 21.9 Å². The minimum Gasteiger partial charge on any atom is -0.360 e. The third-order valence-corrected chi connectivity index (χ3v) is 4.51. The van der Waals surface area contributed by atoms with Gasteiger partial charge in [0.05, 0.1) is 11.4 Å². The Balaban J connectivity index is 1.81. The molecule has 7 heteroatoms. The molecule has 1 N–H and O–H groups in total. The monoisotopic (exact) mass is 361 g/mol. The molecule has 0 radical (unpaired) electrons. The van der Waals surface area contributed by atoms with E-state index >= 15 is 0 Å². The van der Waals surface area contributed by atoms with Gasteiger partial charge in [0.1, 0.15) is 5.56 Å². The van der Waals surface area contributed by atoms with Crippen molar-refractivity contribution in [2.45, 2.75) is 26.7 Å². The van der Waals surface area contributed by atoms with E-state index in [1.807, 2.05) is 43.5 Å². The molecule has 0 saturated carbocycles. The molecular formula is C17H16ClN3O2S. The molecule has 0 aliphatic rings. The predicted molar refractivity (Wildman–Crippen MR) is 95.8 cm³/mol. The smallest absolute Gasteiger partial charge is 0.262 e. The Kier molecular flexibility index (Phi) is 4.69. The van der Waals surface area contributed by atoms with Crippen LogP contribution in [0, 0.1) is 6.92 Å². The number of aryl methyl sites for hydroxylation is 1. The summed E-state index contributed by atoms with van der Waals surface area (Å²) in [5.41, 5.74) is 2.79. The molecular weight excluding hydrogens is 346 g/mol. The molecule has 2 aromatic heterocycles. The summed E-state index contributed by atoms with van der Waals surface area (Å²) in [5, 5.41) is 9.81. The molecule has 3 rings (SSSR count). The van der Waals surface area contributed by atoms with Crippen LogP contribution >= 0.6 is 22.9 Å². The standard InChI is InChI=1S/C17H16ClN3O2S/c1-9(2)15-14(10(3)21-23-15)16(22)20-17-19-13(8-24-17)11-4-6-12(18)7-5-11/h4-9H,1-3H3,(H,19,20,22). The van der Waals surface area contributed by atoms with Crippen LogP contribution in [0.4, 0.5) is 5.13 Å². The Morgan fingerprint density at radius 1 is 1.29 bits per heavy atom. The van der Waals surface area contributed by atoms with Crippen LogP contribution in [-0.2, 0) is 0 Å². The van der Waals surface area contributed by atoms with Gasteiger partial charge >= 0.3 is 0 Å². The third kappa shape index (κ3) is 3.34. The summed E-state index contributed by atoms with van der Waals surface area (Å²) in [7, 11) is 0. The summed E-state index contributed by atoms with van der Waals surface area (Å²) in [6.07, 6.45) is 0. The molecule has 0 aliphatic heterocycles. The van der Waals surface area contributed by atoms with Crippen molar-refractivity contribution in [3.05, 3.63) is 51.7 Å². The molecule has 0 unspecified atom stereocenters. The number of halogens is 1. The van der Waals surface area contributed by atoms with Crippen LogP contribution in [0.5, 0.6) is 0 Å². The number of rotatable bonds is 4. The van der Waals surface area contributed by atoms with E-state index < -0.39 is 0 Å². The summed E-state index contributed by atoms with van der Waals surface area (Å²) in [5.74, 6) is 0.404. The average molecular weight is 362 g/mol. The Labute approximate surface area is 148 Å². The highest BCUT2D eigenvalue weighted by Crippen LogP contribution is 2.28.